The summed E-state index contributed by atoms with van der Waals surface area (Å²) in [6.45, 7) is 2.20. The molecule has 2 aliphatic rings. The molecule has 0 saturated heterocycles. The maximum absolute atomic E-state index is 10.4. The number of rotatable bonds is 1. The third kappa shape index (κ3) is 1.80. The van der Waals surface area contributed by atoms with Crippen molar-refractivity contribution < 1.29 is 5.11 Å². The zero-order valence-corrected chi connectivity index (χ0v) is 8.55. The minimum Gasteiger partial charge on any atom is -0.390 e. The summed E-state index contributed by atoms with van der Waals surface area (Å²) in [7, 11) is 0. The van der Waals surface area contributed by atoms with E-state index in [-0.39, 0.29) is 5.60 Å². The average molecular weight is 180 g/mol. The zero-order valence-electron chi connectivity index (χ0n) is 8.55. The van der Waals surface area contributed by atoms with Crippen molar-refractivity contribution in [3.05, 3.63) is 11.6 Å². The van der Waals surface area contributed by atoms with Crippen LogP contribution in [0.5, 0.6) is 0 Å². The van der Waals surface area contributed by atoms with Crippen LogP contribution in [0.1, 0.15) is 51.9 Å². The highest BCUT2D eigenvalue weighted by Gasteiger charge is 2.38. The third-order valence-electron chi connectivity index (χ3n) is 3.87. The van der Waals surface area contributed by atoms with E-state index in [1.165, 1.54) is 31.3 Å². The second kappa shape index (κ2) is 3.45. The highest BCUT2D eigenvalue weighted by atomic mass is 16.3. The van der Waals surface area contributed by atoms with E-state index < -0.39 is 0 Å². The fourth-order valence-electron chi connectivity index (χ4n) is 2.85. The van der Waals surface area contributed by atoms with Crippen LogP contribution in [0, 0.1) is 5.92 Å². The topological polar surface area (TPSA) is 20.2 Å². The Morgan fingerprint density at radius 2 is 2.08 bits per heavy atom. The average Bonchev–Trinajstić information content (AvgIpc) is 2.54. The van der Waals surface area contributed by atoms with Crippen molar-refractivity contribution >= 4 is 0 Å². The van der Waals surface area contributed by atoms with Crippen LogP contribution in [0.15, 0.2) is 11.6 Å². The maximum Gasteiger partial charge on any atom is 0.0678 e. The van der Waals surface area contributed by atoms with Crippen LogP contribution in [0.4, 0.5) is 0 Å². The van der Waals surface area contributed by atoms with Crippen LogP contribution >= 0.6 is 0 Å². The van der Waals surface area contributed by atoms with Crippen molar-refractivity contribution in [1.29, 1.82) is 0 Å². The van der Waals surface area contributed by atoms with E-state index in [0.29, 0.717) is 5.92 Å². The normalized spacial score (nSPS) is 33.1. The number of aliphatic hydroxyl groups is 1. The van der Waals surface area contributed by atoms with Crippen molar-refractivity contribution in [2.24, 2.45) is 5.92 Å². The minimum absolute atomic E-state index is 0.294. The highest BCUT2D eigenvalue weighted by Crippen LogP contribution is 2.42. The van der Waals surface area contributed by atoms with Gasteiger partial charge in [0.15, 0.2) is 0 Å². The van der Waals surface area contributed by atoms with Gasteiger partial charge in [0.2, 0.25) is 0 Å². The fourth-order valence-corrected chi connectivity index (χ4v) is 2.85. The molecule has 0 heterocycles. The molecule has 1 unspecified atom stereocenters. The van der Waals surface area contributed by atoms with E-state index >= 15 is 0 Å². The second-order valence-electron chi connectivity index (χ2n) is 4.83. The highest BCUT2D eigenvalue weighted by molar-refractivity contribution is 5.07. The van der Waals surface area contributed by atoms with Crippen LogP contribution in [-0.2, 0) is 0 Å². The summed E-state index contributed by atoms with van der Waals surface area (Å²) in [6.07, 6.45) is 10.4. The molecule has 1 atom stereocenters. The molecule has 1 nitrogen and oxygen atoms in total. The predicted molar refractivity (Wildman–Crippen MR) is 54.5 cm³/mol. The summed E-state index contributed by atoms with van der Waals surface area (Å²) >= 11 is 0. The largest absolute Gasteiger partial charge is 0.390 e. The summed E-state index contributed by atoms with van der Waals surface area (Å²) in [6, 6.07) is 0. The lowest BCUT2D eigenvalue weighted by atomic mass is 9.77. The monoisotopic (exact) mass is 180 g/mol. The van der Waals surface area contributed by atoms with Gasteiger partial charge in [-0.1, -0.05) is 24.5 Å². The second-order valence-corrected chi connectivity index (χ2v) is 4.83. The van der Waals surface area contributed by atoms with Gasteiger partial charge in [0.25, 0.3) is 0 Å². The first-order chi connectivity index (χ1) is 6.21. The van der Waals surface area contributed by atoms with Crippen LogP contribution in [0.3, 0.4) is 0 Å². The fraction of sp³-hybridized carbons (Fsp3) is 0.833. The molecule has 0 radical (unpaired) electrons. The zero-order chi connectivity index (χ0) is 9.31. The van der Waals surface area contributed by atoms with Gasteiger partial charge in [-0.25, -0.2) is 0 Å². The molecule has 74 valence electrons. The first kappa shape index (κ1) is 9.26. The van der Waals surface area contributed by atoms with Crippen LogP contribution in [0.25, 0.3) is 0 Å². The summed E-state index contributed by atoms with van der Waals surface area (Å²) < 4.78 is 0. The summed E-state index contributed by atoms with van der Waals surface area (Å²) in [5, 5.41) is 10.4. The van der Waals surface area contributed by atoms with Crippen molar-refractivity contribution in [2.75, 3.05) is 0 Å². The number of hydrogen-bond donors (Lipinski definition) is 1. The van der Waals surface area contributed by atoms with Gasteiger partial charge in [-0.15, -0.1) is 0 Å². The smallest absolute Gasteiger partial charge is 0.0678 e. The SMILES string of the molecule is CC1=CCC(C2(O)CCCC2)CC1. The Hall–Kier alpha value is -0.300. The summed E-state index contributed by atoms with van der Waals surface area (Å²) in [4.78, 5) is 0. The van der Waals surface area contributed by atoms with Gasteiger partial charge < -0.3 is 5.11 Å². The van der Waals surface area contributed by atoms with Gasteiger partial charge in [-0.3, -0.25) is 0 Å². The Morgan fingerprint density at radius 1 is 1.38 bits per heavy atom. The van der Waals surface area contributed by atoms with E-state index in [4.69, 9.17) is 0 Å². The lowest BCUT2D eigenvalue weighted by Crippen LogP contribution is -2.35. The minimum atomic E-state index is -0.294. The Bertz CT molecular complexity index is 211. The molecule has 0 aromatic carbocycles. The van der Waals surface area contributed by atoms with E-state index in [0.717, 1.165) is 19.3 Å². The number of hydrogen-bond acceptors (Lipinski definition) is 1. The summed E-state index contributed by atoms with van der Waals surface area (Å²) in [5.41, 5.74) is 1.22. The quantitative estimate of drug-likeness (QED) is 0.615. The predicted octanol–water partition coefficient (Wildman–Crippen LogP) is 3.04. The van der Waals surface area contributed by atoms with Crippen molar-refractivity contribution in [3.63, 3.8) is 0 Å². The Labute approximate surface area is 80.8 Å². The molecular weight excluding hydrogens is 160 g/mol. The Morgan fingerprint density at radius 3 is 2.62 bits per heavy atom. The lowest BCUT2D eigenvalue weighted by Gasteiger charge is -2.34. The first-order valence-corrected chi connectivity index (χ1v) is 5.59. The van der Waals surface area contributed by atoms with Gasteiger partial charge >= 0.3 is 0 Å². The standard InChI is InChI=1S/C12H20O/c1-10-4-6-11(7-5-10)12(13)8-2-3-9-12/h4,11,13H,2-3,5-9H2,1H3. The Balaban J connectivity index is 2.01. The molecule has 1 fully saturated rings. The van der Waals surface area contributed by atoms with E-state index in [1.54, 1.807) is 0 Å². The molecule has 2 aliphatic carbocycles. The van der Waals surface area contributed by atoms with E-state index in [1.807, 2.05) is 0 Å². The molecule has 0 spiro atoms. The lowest BCUT2D eigenvalue weighted by molar-refractivity contribution is -0.0163. The van der Waals surface area contributed by atoms with E-state index in [2.05, 4.69) is 13.0 Å². The molecule has 1 N–H and O–H groups in total. The van der Waals surface area contributed by atoms with Gasteiger partial charge in [0, 0.05) is 0 Å². The first-order valence-electron chi connectivity index (χ1n) is 5.59. The third-order valence-corrected chi connectivity index (χ3v) is 3.87. The molecular formula is C12H20O. The van der Waals surface area contributed by atoms with Gasteiger partial charge in [-0.2, -0.15) is 0 Å². The molecule has 0 aromatic rings. The molecule has 0 aromatic heterocycles. The van der Waals surface area contributed by atoms with Gasteiger partial charge in [-0.05, 0) is 44.9 Å². The molecule has 0 bridgehead atoms. The summed E-state index contributed by atoms with van der Waals surface area (Å²) in [5.74, 6) is 0.554. The van der Waals surface area contributed by atoms with Crippen molar-refractivity contribution in [1.82, 2.24) is 0 Å². The van der Waals surface area contributed by atoms with E-state index in [9.17, 15) is 5.11 Å². The number of allylic oxidation sites excluding steroid dienone is 2. The molecule has 0 aliphatic heterocycles. The maximum atomic E-state index is 10.4. The molecule has 1 saturated carbocycles. The van der Waals surface area contributed by atoms with Gasteiger partial charge in [0.1, 0.15) is 0 Å². The van der Waals surface area contributed by atoms with Crippen molar-refractivity contribution in [3.8, 4) is 0 Å². The molecule has 1 heteroatoms. The van der Waals surface area contributed by atoms with Crippen molar-refractivity contribution in [2.45, 2.75) is 57.5 Å². The van der Waals surface area contributed by atoms with Crippen LogP contribution in [-0.4, -0.2) is 10.7 Å². The van der Waals surface area contributed by atoms with Crippen LogP contribution in [0.2, 0.25) is 0 Å². The Kier molecular flexibility index (Phi) is 2.46. The molecule has 0 amide bonds. The molecule has 2 rings (SSSR count). The van der Waals surface area contributed by atoms with Crippen LogP contribution < -0.4 is 0 Å². The molecule has 13 heavy (non-hydrogen) atoms. The van der Waals surface area contributed by atoms with Gasteiger partial charge in [0.05, 0.1) is 5.60 Å².